The van der Waals surface area contributed by atoms with Gasteiger partial charge in [-0.15, -0.1) is 11.3 Å². The van der Waals surface area contributed by atoms with Gasteiger partial charge < -0.3 is 5.32 Å². The second-order valence-electron chi connectivity index (χ2n) is 14.2. The van der Waals surface area contributed by atoms with E-state index in [0.29, 0.717) is 48.0 Å². The molecule has 22 heteroatoms. The number of benzene rings is 2. The first-order chi connectivity index (χ1) is 27.9. The lowest BCUT2D eigenvalue weighted by Gasteiger charge is -2.27. The number of alkyl halides is 5. The fourth-order valence-corrected chi connectivity index (χ4v) is 9.22. The van der Waals surface area contributed by atoms with E-state index in [1.165, 1.54) is 28.3 Å². The van der Waals surface area contributed by atoms with Crippen LogP contribution in [0.4, 0.5) is 36.6 Å². The summed E-state index contributed by atoms with van der Waals surface area (Å²) in [6.07, 6.45) is 0.993. The number of rotatable bonds is 10. The molecule has 0 aliphatic heterocycles. The molecule has 1 amide bonds. The average molecular weight is 857 g/mol. The number of sulfonamides is 1. The SMILES string of the molecule is Cn1nc(NS(C)(=O)=O)c2cccc(-c3cc4sc(-c5cn[nH]c5)nc4nc3C(Cc3cc(F)cc(F)c3)NC(=O)Cn3nc(C(F)(F)F)c4c3C(F)(F)[C@@H]3C=C[C@H]43)c21. The van der Waals surface area contributed by atoms with Crippen LogP contribution in [-0.4, -0.2) is 60.3 Å². The molecule has 13 nitrogen and oxygen atoms in total. The quantitative estimate of drug-likeness (QED) is 0.0980. The van der Waals surface area contributed by atoms with Crippen molar-refractivity contribution < 1.29 is 43.9 Å². The van der Waals surface area contributed by atoms with Gasteiger partial charge in [0.25, 0.3) is 5.92 Å². The van der Waals surface area contributed by atoms with Crippen molar-refractivity contribution in [2.24, 2.45) is 13.0 Å². The van der Waals surface area contributed by atoms with Crippen LogP contribution in [0.5, 0.6) is 0 Å². The molecular formula is C37H27F7N10O3S2. The number of carbonyl (C=O) groups excluding carboxylic acids is 1. The highest BCUT2D eigenvalue weighted by Crippen LogP contribution is 2.60. The highest BCUT2D eigenvalue weighted by Gasteiger charge is 2.61. The number of nitrogens with one attached hydrogen (secondary N) is 3. The average Bonchev–Trinajstić information content (AvgIpc) is 3.93. The van der Waals surface area contributed by atoms with Crippen molar-refractivity contribution in [1.82, 2.24) is 45.0 Å². The maximum absolute atomic E-state index is 15.6. The van der Waals surface area contributed by atoms with E-state index in [1.54, 1.807) is 37.5 Å². The van der Waals surface area contributed by atoms with Gasteiger partial charge in [0, 0.05) is 52.9 Å². The number of carbonyl (C=O) groups is 1. The maximum Gasteiger partial charge on any atom is 0.435 e. The number of aromatic amines is 1. The zero-order valence-electron chi connectivity index (χ0n) is 30.3. The number of fused-ring (bicyclic) bond motifs is 5. The second kappa shape index (κ2) is 13.4. The van der Waals surface area contributed by atoms with E-state index < -0.39 is 81.0 Å². The minimum atomic E-state index is -5.11. The number of para-hydroxylation sites is 1. The molecule has 0 radical (unpaired) electrons. The Morgan fingerprint density at radius 2 is 1.81 bits per heavy atom. The summed E-state index contributed by atoms with van der Waals surface area (Å²) in [5.41, 5.74) is -1.24. The van der Waals surface area contributed by atoms with Gasteiger partial charge in [-0.2, -0.15) is 37.2 Å². The molecular weight excluding hydrogens is 830 g/mol. The van der Waals surface area contributed by atoms with Crippen LogP contribution < -0.4 is 10.0 Å². The van der Waals surface area contributed by atoms with Crippen LogP contribution in [0.25, 0.3) is 42.9 Å². The molecule has 9 rings (SSSR count). The third kappa shape index (κ3) is 6.68. The summed E-state index contributed by atoms with van der Waals surface area (Å²) in [7, 11) is -2.22. The summed E-state index contributed by atoms with van der Waals surface area (Å²) in [6, 6.07) is 7.96. The summed E-state index contributed by atoms with van der Waals surface area (Å²) in [4.78, 5) is 23.6. The minimum absolute atomic E-state index is 0.00739. The number of H-pyrrole nitrogens is 1. The first-order valence-electron chi connectivity index (χ1n) is 17.6. The Balaban J connectivity index is 1.21. The Bertz CT molecular complexity index is 2970. The smallest absolute Gasteiger partial charge is 0.346 e. The molecule has 0 saturated carbocycles. The van der Waals surface area contributed by atoms with Crippen LogP contribution in [0.3, 0.4) is 0 Å². The van der Waals surface area contributed by atoms with Crippen molar-refractivity contribution in [2.75, 3.05) is 11.0 Å². The Hall–Kier alpha value is -6.16. The molecule has 0 spiro atoms. The molecule has 5 aromatic heterocycles. The van der Waals surface area contributed by atoms with Crippen LogP contribution in [0.1, 0.15) is 40.2 Å². The lowest BCUT2D eigenvalue weighted by Crippen LogP contribution is -2.36. The second-order valence-corrected chi connectivity index (χ2v) is 17.0. The van der Waals surface area contributed by atoms with E-state index in [1.807, 2.05) is 0 Å². The van der Waals surface area contributed by atoms with Crippen molar-refractivity contribution in [3.8, 4) is 21.7 Å². The Morgan fingerprint density at radius 3 is 2.47 bits per heavy atom. The lowest BCUT2D eigenvalue weighted by molar-refractivity contribution is -0.142. The number of thiazole rings is 1. The van der Waals surface area contributed by atoms with Crippen molar-refractivity contribution in [2.45, 2.75) is 37.0 Å². The van der Waals surface area contributed by atoms with Crippen molar-refractivity contribution in [1.29, 1.82) is 0 Å². The first kappa shape index (κ1) is 38.4. The van der Waals surface area contributed by atoms with Gasteiger partial charge in [0.2, 0.25) is 15.9 Å². The Kier molecular flexibility index (Phi) is 8.74. The molecule has 2 aliphatic rings. The predicted octanol–water partition coefficient (Wildman–Crippen LogP) is 6.98. The molecule has 304 valence electrons. The maximum atomic E-state index is 15.6. The van der Waals surface area contributed by atoms with E-state index in [9.17, 15) is 35.2 Å². The predicted molar refractivity (Wildman–Crippen MR) is 201 cm³/mol. The molecule has 0 bridgehead atoms. The van der Waals surface area contributed by atoms with Crippen LogP contribution in [0.2, 0.25) is 0 Å². The largest absolute Gasteiger partial charge is 0.435 e. The van der Waals surface area contributed by atoms with Crippen molar-refractivity contribution in [3.63, 3.8) is 0 Å². The van der Waals surface area contributed by atoms with Crippen molar-refractivity contribution >= 4 is 54.3 Å². The van der Waals surface area contributed by atoms with Crippen LogP contribution >= 0.6 is 11.3 Å². The lowest BCUT2D eigenvalue weighted by atomic mass is 9.81. The molecule has 3 atom stereocenters. The molecule has 1 unspecified atom stereocenters. The molecule has 0 saturated heterocycles. The molecule has 3 N–H and O–H groups in total. The molecule has 2 aromatic carbocycles. The number of pyridine rings is 1. The summed E-state index contributed by atoms with van der Waals surface area (Å²) in [5.74, 6) is -9.50. The number of hydrogen-bond donors (Lipinski definition) is 3. The molecule has 7 aromatic rings. The summed E-state index contributed by atoms with van der Waals surface area (Å²) >= 11 is 1.24. The molecule has 0 fully saturated rings. The van der Waals surface area contributed by atoms with E-state index in [4.69, 9.17) is 4.98 Å². The van der Waals surface area contributed by atoms with Gasteiger partial charge in [-0.25, -0.2) is 27.2 Å². The van der Waals surface area contributed by atoms with Gasteiger partial charge >= 0.3 is 6.18 Å². The monoisotopic (exact) mass is 856 g/mol. The fraction of sp³-hybridized carbons (Fsp3) is 0.243. The van der Waals surface area contributed by atoms with E-state index >= 15 is 8.78 Å². The molecule has 59 heavy (non-hydrogen) atoms. The summed E-state index contributed by atoms with van der Waals surface area (Å²) in [6.45, 7) is -1.09. The molecule has 5 heterocycles. The van der Waals surface area contributed by atoms with Gasteiger partial charge in [-0.3, -0.25) is 24.0 Å². The zero-order chi connectivity index (χ0) is 41.8. The van der Waals surface area contributed by atoms with Gasteiger partial charge in [0.05, 0.1) is 40.3 Å². The van der Waals surface area contributed by atoms with Gasteiger partial charge in [-0.1, -0.05) is 24.3 Å². The van der Waals surface area contributed by atoms with Gasteiger partial charge in [0.15, 0.2) is 17.2 Å². The normalized spacial score (nSPS) is 17.6. The van der Waals surface area contributed by atoms with Crippen LogP contribution in [0, 0.1) is 17.6 Å². The Labute approximate surface area is 332 Å². The van der Waals surface area contributed by atoms with Crippen LogP contribution in [0.15, 0.2) is 67.0 Å². The van der Waals surface area contributed by atoms with E-state index in [-0.39, 0.29) is 29.1 Å². The van der Waals surface area contributed by atoms with Crippen LogP contribution in [-0.2, 0) is 46.9 Å². The topological polar surface area (TPSA) is 165 Å². The third-order valence-electron chi connectivity index (χ3n) is 10.2. The standard InChI is InChI=1S/C37H27F7N10O3S2/c1-53-30-20(4-3-5-22(30)33(51-53)52-59(2,56)57)23-12-26-34(49-35(58-26)17-13-45-46-14-17)48-29(23)25(10-16-8-18(38)11-19(39)9-16)47-27(55)15-54-32-28(31(50-54)37(42,43)44)21-6-7-24(21)36(32,40)41/h3-9,11-14,21,24-25H,10,15H2,1-2H3,(H,45,46)(H,47,55)(H,51,52)/t21-,24+,25?/m0/s1. The number of hydrogen-bond acceptors (Lipinski definition) is 9. The number of aromatic nitrogens is 8. The zero-order valence-corrected chi connectivity index (χ0v) is 31.9. The highest BCUT2D eigenvalue weighted by molar-refractivity contribution is 7.92. The third-order valence-corrected chi connectivity index (χ3v) is 11.8. The molecule has 2 aliphatic carbocycles. The highest BCUT2D eigenvalue weighted by atomic mass is 32.2. The number of nitrogens with zero attached hydrogens (tertiary/aromatic N) is 7. The number of anilines is 1. The van der Waals surface area contributed by atoms with E-state index in [0.717, 1.165) is 24.5 Å². The fourth-order valence-electron chi connectivity index (χ4n) is 7.79. The number of amides is 1. The summed E-state index contributed by atoms with van der Waals surface area (Å²) in [5, 5.41) is 18.1. The first-order valence-corrected chi connectivity index (χ1v) is 20.3. The number of halogens is 7. The van der Waals surface area contributed by atoms with Gasteiger partial charge in [0.1, 0.15) is 28.9 Å². The van der Waals surface area contributed by atoms with E-state index in [2.05, 4.69) is 35.4 Å². The number of aryl methyl sites for hydroxylation is 1. The summed E-state index contributed by atoms with van der Waals surface area (Å²) < 4.78 is 132. The number of allylic oxidation sites excluding steroid dienone is 2. The minimum Gasteiger partial charge on any atom is -0.346 e. The van der Waals surface area contributed by atoms with Crippen molar-refractivity contribution in [3.05, 3.63) is 107 Å². The van der Waals surface area contributed by atoms with Gasteiger partial charge in [-0.05, 0) is 36.2 Å². The Morgan fingerprint density at radius 1 is 1.05 bits per heavy atom.